The van der Waals surface area contributed by atoms with Gasteiger partial charge in [0.2, 0.25) is 0 Å². The molecular weight excluding hydrogens is 334 g/mol. The van der Waals surface area contributed by atoms with E-state index in [9.17, 15) is 4.79 Å². The topological polar surface area (TPSA) is 92.7 Å². The van der Waals surface area contributed by atoms with E-state index < -0.39 is 0 Å². The summed E-state index contributed by atoms with van der Waals surface area (Å²) in [5, 5.41) is 13.2. The van der Waals surface area contributed by atoms with E-state index in [-0.39, 0.29) is 11.9 Å². The van der Waals surface area contributed by atoms with Crippen LogP contribution in [-0.4, -0.2) is 61.8 Å². The fourth-order valence-corrected chi connectivity index (χ4v) is 3.26. The first-order valence-corrected chi connectivity index (χ1v) is 8.77. The van der Waals surface area contributed by atoms with Gasteiger partial charge in [-0.2, -0.15) is 4.52 Å². The molecule has 3 aromatic rings. The fourth-order valence-electron chi connectivity index (χ4n) is 3.26. The average Bonchev–Trinajstić information content (AvgIpc) is 3.21. The number of oxazole rings is 1. The van der Waals surface area contributed by atoms with Crippen LogP contribution in [0.1, 0.15) is 41.0 Å². The van der Waals surface area contributed by atoms with Crippen molar-refractivity contribution >= 4 is 17.4 Å². The number of likely N-dealkylation sites (N-methyl/N-ethyl adjacent to an activating group) is 1. The largest absolute Gasteiger partial charge is 0.448 e. The summed E-state index contributed by atoms with van der Waals surface area (Å²) in [6, 6.07) is 4.03. The van der Waals surface area contributed by atoms with Crippen LogP contribution in [0.15, 0.2) is 22.8 Å². The molecule has 1 amide bonds. The number of amides is 1. The van der Waals surface area contributed by atoms with Crippen LogP contribution in [0.5, 0.6) is 0 Å². The number of nitrogens with zero attached hydrogens (tertiary/aromatic N) is 7. The molecular formula is C17H19N7O2. The van der Waals surface area contributed by atoms with Gasteiger partial charge in [0, 0.05) is 33.0 Å². The van der Waals surface area contributed by atoms with E-state index in [1.165, 1.54) is 6.26 Å². The van der Waals surface area contributed by atoms with Crippen molar-refractivity contribution in [1.29, 1.82) is 0 Å². The van der Waals surface area contributed by atoms with Crippen LogP contribution >= 0.6 is 0 Å². The monoisotopic (exact) mass is 353 g/mol. The molecule has 0 atom stereocenters. The molecule has 1 saturated heterocycles. The van der Waals surface area contributed by atoms with Gasteiger partial charge in [0.05, 0.1) is 6.04 Å². The predicted molar refractivity (Wildman–Crippen MR) is 92.1 cm³/mol. The third-order valence-corrected chi connectivity index (χ3v) is 5.11. The van der Waals surface area contributed by atoms with E-state index in [4.69, 9.17) is 9.52 Å². The lowest BCUT2D eigenvalue weighted by molar-refractivity contribution is 0.0699. The first-order chi connectivity index (χ1) is 12.6. The zero-order valence-corrected chi connectivity index (χ0v) is 14.7. The minimum absolute atomic E-state index is 0.121. The van der Waals surface area contributed by atoms with Crippen molar-refractivity contribution in [2.75, 3.05) is 25.0 Å². The van der Waals surface area contributed by atoms with Gasteiger partial charge in [0.25, 0.3) is 5.91 Å². The summed E-state index contributed by atoms with van der Waals surface area (Å²) in [6.45, 7) is 3.20. The highest BCUT2D eigenvalue weighted by atomic mass is 16.3. The van der Waals surface area contributed by atoms with Gasteiger partial charge < -0.3 is 14.2 Å². The van der Waals surface area contributed by atoms with E-state index in [1.807, 2.05) is 16.6 Å². The van der Waals surface area contributed by atoms with Crippen molar-refractivity contribution in [3.05, 3.63) is 35.8 Å². The first kappa shape index (κ1) is 15.3. The predicted octanol–water partition coefficient (Wildman–Crippen LogP) is 1.26. The number of aryl methyl sites for hydroxylation is 1. The maximum Gasteiger partial charge on any atom is 0.275 e. The molecule has 0 spiro atoms. The van der Waals surface area contributed by atoms with E-state index in [0.717, 1.165) is 43.2 Å². The molecule has 3 aromatic heterocycles. The lowest BCUT2D eigenvalue weighted by Crippen LogP contribution is -2.60. The van der Waals surface area contributed by atoms with Gasteiger partial charge in [-0.15, -0.1) is 15.3 Å². The molecule has 26 heavy (non-hydrogen) atoms. The molecule has 1 aliphatic heterocycles. The van der Waals surface area contributed by atoms with E-state index >= 15 is 0 Å². The molecule has 9 heteroatoms. The third kappa shape index (κ3) is 2.42. The molecule has 0 aromatic carbocycles. The van der Waals surface area contributed by atoms with Crippen molar-refractivity contribution in [1.82, 2.24) is 29.7 Å². The smallest absolute Gasteiger partial charge is 0.275 e. The van der Waals surface area contributed by atoms with Crippen molar-refractivity contribution in [2.24, 2.45) is 0 Å². The molecule has 0 N–H and O–H groups in total. The highest BCUT2D eigenvalue weighted by molar-refractivity contribution is 5.92. The van der Waals surface area contributed by atoms with Gasteiger partial charge in [-0.25, -0.2) is 4.98 Å². The molecule has 0 bridgehead atoms. The SMILES string of the molecule is Cc1nc(C(=O)N(C)C2CN(c3ccc4nnc(C5CC5)n4n3)C2)co1. The summed E-state index contributed by atoms with van der Waals surface area (Å²) in [5.41, 5.74) is 1.13. The highest BCUT2D eigenvalue weighted by Gasteiger charge is 2.35. The van der Waals surface area contributed by atoms with Gasteiger partial charge in [-0.1, -0.05) is 0 Å². The van der Waals surface area contributed by atoms with Crippen molar-refractivity contribution in [3.63, 3.8) is 0 Å². The Morgan fingerprint density at radius 1 is 1.27 bits per heavy atom. The number of carbonyl (C=O) groups excluding carboxylic acids is 1. The summed E-state index contributed by atoms with van der Waals surface area (Å²) in [5.74, 6) is 2.70. The van der Waals surface area contributed by atoms with E-state index in [2.05, 4.69) is 20.1 Å². The maximum atomic E-state index is 12.5. The maximum absolute atomic E-state index is 12.5. The minimum Gasteiger partial charge on any atom is -0.448 e. The second kappa shape index (κ2) is 5.52. The van der Waals surface area contributed by atoms with Gasteiger partial charge >= 0.3 is 0 Å². The number of aromatic nitrogens is 5. The lowest BCUT2D eigenvalue weighted by Gasteiger charge is -2.44. The number of anilines is 1. The Bertz CT molecular complexity index is 984. The summed E-state index contributed by atoms with van der Waals surface area (Å²) < 4.78 is 6.99. The zero-order valence-electron chi connectivity index (χ0n) is 14.7. The second-order valence-electron chi connectivity index (χ2n) is 7.02. The normalized spacial score (nSPS) is 17.5. The molecule has 9 nitrogen and oxygen atoms in total. The molecule has 134 valence electrons. The molecule has 2 aliphatic rings. The van der Waals surface area contributed by atoms with Crippen molar-refractivity contribution in [2.45, 2.75) is 31.7 Å². The summed E-state index contributed by atoms with van der Waals surface area (Å²) >= 11 is 0. The summed E-state index contributed by atoms with van der Waals surface area (Å²) in [6.07, 6.45) is 3.73. The van der Waals surface area contributed by atoms with Gasteiger partial charge in [-0.05, 0) is 25.0 Å². The average molecular weight is 353 g/mol. The summed E-state index contributed by atoms with van der Waals surface area (Å²) in [7, 11) is 1.80. The number of hydrogen-bond acceptors (Lipinski definition) is 7. The van der Waals surface area contributed by atoms with Crippen LogP contribution in [0.2, 0.25) is 0 Å². The van der Waals surface area contributed by atoms with Crippen LogP contribution < -0.4 is 4.90 Å². The summed E-state index contributed by atoms with van der Waals surface area (Å²) in [4.78, 5) is 20.4. The van der Waals surface area contributed by atoms with Crippen LogP contribution in [0.25, 0.3) is 5.65 Å². The van der Waals surface area contributed by atoms with Gasteiger partial charge in [-0.3, -0.25) is 4.79 Å². The fraction of sp³-hybridized carbons (Fsp3) is 0.471. The number of fused-ring (bicyclic) bond motifs is 1. The molecule has 4 heterocycles. The third-order valence-electron chi connectivity index (χ3n) is 5.11. The second-order valence-corrected chi connectivity index (χ2v) is 7.02. The Morgan fingerprint density at radius 3 is 2.77 bits per heavy atom. The van der Waals surface area contributed by atoms with Crippen LogP contribution in [-0.2, 0) is 0 Å². The lowest BCUT2D eigenvalue weighted by atomic mass is 10.1. The van der Waals surface area contributed by atoms with E-state index in [1.54, 1.807) is 18.9 Å². The number of hydrogen-bond donors (Lipinski definition) is 0. The van der Waals surface area contributed by atoms with E-state index in [0.29, 0.717) is 17.5 Å². The van der Waals surface area contributed by atoms with Crippen molar-refractivity contribution in [3.8, 4) is 0 Å². The van der Waals surface area contributed by atoms with Gasteiger partial charge in [0.15, 0.2) is 23.1 Å². The Morgan fingerprint density at radius 2 is 2.08 bits per heavy atom. The molecule has 0 radical (unpaired) electrons. The van der Waals surface area contributed by atoms with Crippen LogP contribution in [0.4, 0.5) is 5.82 Å². The van der Waals surface area contributed by atoms with Gasteiger partial charge in [0.1, 0.15) is 12.1 Å². The molecule has 0 unspecified atom stereocenters. The standard InChI is InChI=1S/C17H19N7O2/c1-10-18-13(9-26-10)17(25)22(2)12-7-23(8-12)15-6-5-14-19-20-16(11-3-4-11)24(14)21-15/h5-6,9,11-12H,3-4,7-8H2,1-2H3. The van der Waals surface area contributed by atoms with Crippen LogP contribution in [0, 0.1) is 6.92 Å². The first-order valence-electron chi connectivity index (χ1n) is 8.77. The minimum atomic E-state index is -0.121. The molecule has 2 fully saturated rings. The Hall–Kier alpha value is -2.97. The van der Waals surface area contributed by atoms with Crippen LogP contribution in [0.3, 0.4) is 0 Å². The molecule has 1 saturated carbocycles. The molecule has 1 aliphatic carbocycles. The molecule has 5 rings (SSSR count). The highest BCUT2D eigenvalue weighted by Crippen LogP contribution is 2.38. The van der Waals surface area contributed by atoms with Crippen molar-refractivity contribution < 1.29 is 9.21 Å². The zero-order chi connectivity index (χ0) is 17.8. The Kier molecular flexibility index (Phi) is 3.25. The Labute approximate surface area is 149 Å². The number of rotatable bonds is 4. The Balaban J connectivity index is 1.29. The number of carbonyl (C=O) groups is 1. The quantitative estimate of drug-likeness (QED) is 0.697.